The van der Waals surface area contributed by atoms with Crippen LogP contribution in [-0.2, 0) is 19.9 Å². The third kappa shape index (κ3) is 2.25. The monoisotopic (exact) mass is 392 g/mol. The molecule has 1 saturated heterocycles. The van der Waals surface area contributed by atoms with Gasteiger partial charge in [0.25, 0.3) is 5.91 Å². The lowest BCUT2D eigenvalue weighted by atomic mass is 9.80. The van der Waals surface area contributed by atoms with Crippen LogP contribution in [0.25, 0.3) is 5.57 Å². The summed E-state index contributed by atoms with van der Waals surface area (Å²) in [6, 6.07) is 17.5. The van der Waals surface area contributed by atoms with Crippen molar-refractivity contribution in [2.75, 3.05) is 16.9 Å². The van der Waals surface area contributed by atoms with Crippen molar-refractivity contribution in [1.82, 2.24) is 4.90 Å². The van der Waals surface area contributed by atoms with E-state index in [1.54, 1.807) is 18.7 Å². The highest BCUT2D eigenvalue weighted by atomic mass is 32.2. The molecular formula is C22H20N2O3S. The first-order valence-electron chi connectivity index (χ1n) is 9.44. The highest BCUT2D eigenvalue weighted by Crippen LogP contribution is 2.58. The van der Waals surface area contributed by atoms with Gasteiger partial charge in [0.05, 0.1) is 6.04 Å². The second-order valence-corrected chi connectivity index (χ2v) is 8.13. The molecule has 5 rings (SSSR count). The summed E-state index contributed by atoms with van der Waals surface area (Å²) in [6.45, 7) is 1.79. The lowest BCUT2D eigenvalue weighted by Gasteiger charge is -2.34. The van der Waals surface area contributed by atoms with Gasteiger partial charge in [-0.3, -0.25) is 14.5 Å². The Balaban J connectivity index is 1.82. The van der Waals surface area contributed by atoms with Crippen molar-refractivity contribution in [3.8, 4) is 0 Å². The van der Waals surface area contributed by atoms with Gasteiger partial charge in [-0.1, -0.05) is 55.5 Å². The van der Waals surface area contributed by atoms with Crippen molar-refractivity contribution in [3.63, 3.8) is 0 Å². The number of para-hydroxylation sites is 1. The summed E-state index contributed by atoms with van der Waals surface area (Å²) in [7, 11) is 0. The van der Waals surface area contributed by atoms with Crippen molar-refractivity contribution in [1.29, 1.82) is 0 Å². The summed E-state index contributed by atoms with van der Waals surface area (Å²) in [4.78, 5) is 28.0. The van der Waals surface area contributed by atoms with E-state index in [1.165, 1.54) is 0 Å². The Kier molecular flexibility index (Phi) is 4.07. The Morgan fingerprint density at radius 2 is 1.96 bits per heavy atom. The zero-order valence-electron chi connectivity index (χ0n) is 15.5. The fraction of sp³-hybridized carbons (Fsp3) is 0.273. The van der Waals surface area contributed by atoms with E-state index < -0.39 is 5.54 Å². The van der Waals surface area contributed by atoms with Crippen LogP contribution in [0, 0.1) is 0 Å². The lowest BCUT2D eigenvalue weighted by molar-refractivity contribution is -0.139. The minimum Gasteiger partial charge on any atom is -0.429 e. The zero-order valence-corrected chi connectivity index (χ0v) is 16.3. The molecule has 5 nitrogen and oxygen atoms in total. The second kappa shape index (κ2) is 6.50. The van der Waals surface area contributed by atoms with Crippen LogP contribution in [0.4, 0.5) is 5.69 Å². The number of hydrogen-bond acceptors (Lipinski definition) is 5. The summed E-state index contributed by atoms with van der Waals surface area (Å²) >= 11 is 1.76. The Labute approximate surface area is 167 Å². The van der Waals surface area contributed by atoms with Gasteiger partial charge in [0.15, 0.2) is 5.54 Å². The first-order chi connectivity index (χ1) is 13.7. The fourth-order valence-corrected chi connectivity index (χ4v) is 5.76. The number of rotatable bonds is 3. The summed E-state index contributed by atoms with van der Waals surface area (Å²) in [5, 5.41) is 3.07. The molecule has 2 aromatic carbocycles. The van der Waals surface area contributed by atoms with Crippen LogP contribution in [0.15, 0.2) is 60.4 Å². The normalized spacial score (nSPS) is 25.8. The number of nitrogens with one attached hydrogen (secondary N) is 1. The number of anilines is 1. The Bertz CT molecular complexity index is 1000. The predicted octanol–water partition coefficient (Wildman–Crippen LogP) is 3.59. The van der Waals surface area contributed by atoms with Gasteiger partial charge >= 0.3 is 5.97 Å². The number of esters is 1. The molecule has 1 N–H and O–H groups in total. The fourth-order valence-electron chi connectivity index (χ4n) is 4.52. The zero-order chi connectivity index (χ0) is 19.3. The molecule has 2 atom stereocenters. The number of ether oxygens (including phenoxy) is 1. The molecule has 0 aromatic heterocycles. The maximum absolute atomic E-state index is 13.5. The van der Waals surface area contributed by atoms with Gasteiger partial charge in [0.2, 0.25) is 0 Å². The van der Waals surface area contributed by atoms with Crippen LogP contribution < -0.4 is 5.32 Å². The summed E-state index contributed by atoms with van der Waals surface area (Å²) in [5.41, 5.74) is 2.47. The third-order valence-electron chi connectivity index (χ3n) is 5.69. The number of benzene rings is 2. The number of hydrogen-bond donors (Lipinski definition) is 1. The van der Waals surface area contributed by atoms with Crippen molar-refractivity contribution in [2.24, 2.45) is 0 Å². The van der Waals surface area contributed by atoms with E-state index in [-0.39, 0.29) is 17.9 Å². The summed E-state index contributed by atoms with van der Waals surface area (Å²) < 4.78 is 5.90. The van der Waals surface area contributed by atoms with E-state index >= 15 is 0 Å². The van der Waals surface area contributed by atoms with Gasteiger partial charge in [-0.05, 0) is 11.6 Å². The molecule has 0 bridgehead atoms. The first kappa shape index (κ1) is 17.5. The van der Waals surface area contributed by atoms with E-state index in [0.29, 0.717) is 18.1 Å². The van der Waals surface area contributed by atoms with E-state index in [2.05, 4.69) is 10.2 Å². The molecule has 1 amide bonds. The predicted molar refractivity (Wildman–Crippen MR) is 109 cm³/mol. The molecule has 0 saturated carbocycles. The van der Waals surface area contributed by atoms with Crippen molar-refractivity contribution < 1.29 is 14.3 Å². The van der Waals surface area contributed by atoms with Gasteiger partial charge in [0, 0.05) is 34.9 Å². The van der Waals surface area contributed by atoms with Gasteiger partial charge in [-0.25, -0.2) is 0 Å². The van der Waals surface area contributed by atoms with Crippen molar-refractivity contribution >= 4 is 34.9 Å². The average Bonchev–Trinajstić information content (AvgIpc) is 3.37. The number of carbonyl (C=O) groups excluding carboxylic acids is 2. The third-order valence-corrected chi connectivity index (χ3v) is 6.70. The Morgan fingerprint density at radius 1 is 1.21 bits per heavy atom. The topological polar surface area (TPSA) is 58.6 Å². The average molecular weight is 392 g/mol. The molecule has 0 aliphatic carbocycles. The van der Waals surface area contributed by atoms with Crippen LogP contribution in [0.1, 0.15) is 24.5 Å². The quantitative estimate of drug-likeness (QED) is 0.809. The minimum absolute atomic E-state index is 0.0809. The molecule has 1 spiro atoms. The highest BCUT2D eigenvalue weighted by Gasteiger charge is 2.63. The molecule has 0 unspecified atom stereocenters. The number of fused-ring (bicyclic) bond motifs is 4. The minimum atomic E-state index is -0.977. The smallest absolute Gasteiger partial charge is 0.310 e. The number of amides is 1. The molecule has 2 aromatic rings. The van der Waals surface area contributed by atoms with Gasteiger partial charge < -0.3 is 10.1 Å². The van der Waals surface area contributed by atoms with E-state index in [9.17, 15) is 9.59 Å². The molecule has 0 radical (unpaired) electrons. The van der Waals surface area contributed by atoms with Crippen LogP contribution in [0.2, 0.25) is 0 Å². The van der Waals surface area contributed by atoms with Crippen molar-refractivity contribution in [2.45, 2.75) is 24.9 Å². The van der Waals surface area contributed by atoms with Gasteiger partial charge in [0.1, 0.15) is 5.76 Å². The molecular weight excluding hydrogens is 372 g/mol. The van der Waals surface area contributed by atoms with Crippen LogP contribution in [0.3, 0.4) is 0 Å². The Morgan fingerprint density at radius 3 is 2.75 bits per heavy atom. The van der Waals surface area contributed by atoms with E-state index in [1.807, 2.05) is 54.6 Å². The van der Waals surface area contributed by atoms with Gasteiger partial charge in [-0.15, -0.1) is 11.8 Å². The number of thioether (sulfide) groups is 1. The standard InChI is InChI=1S/C22H20N2O3S/c1-2-18(25)27-20-17-12-28-13-24(17)22(19(20)14-8-4-3-5-9-14)15-10-6-7-11-16(15)23-21(22)26/h3-11,17H,2,12-13H2,1H3,(H,23,26)/t17-,22-/m0/s1. The number of carbonyl (C=O) groups is 2. The molecule has 1 fully saturated rings. The maximum Gasteiger partial charge on any atom is 0.310 e. The van der Waals surface area contributed by atoms with Crippen LogP contribution in [0.5, 0.6) is 0 Å². The summed E-state index contributed by atoms with van der Waals surface area (Å²) in [5.74, 6) is 1.76. The van der Waals surface area contributed by atoms with Crippen LogP contribution in [-0.4, -0.2) is 34.4 Å². The van der Waals surface area contributed by atoms with Gasteiger partial charge in [-0.2, -0.15) is 0 Å². The molecule has 3 aliphatic heterocycles. The molecule has 142 valence electrons. The second-order valence-electron chi connectivity index (χ2n) is 7.13. The summed E-state index contributed by atoms with van der Waals surface area (Å²) in [6.07, 6.45) is 0.293. The van der Waals surface area contributed by atoms with Crippen molar-refractivity contribution in [3.05, 3.63) is 71.5 Å². The first-order valence-corrected chi connectivity index (χ1v) is 10.6. The largest absolute Gasteiger partial charge is 0.429 e. The van der Waals surface area contributed by atoms with E-state index in [0.717, 1.165) is 28.1 Å². The van der Waals surface area contributed by atoms with E-state index in [4.69, 9.17) is 4.74 Å². The molecule has 6 heteroatoms. The lowest BCUT2D eigenvalue weighted by Crippen LogP contribution is -2.49. The number of nitrogens with zero attached hydrogens (tertiary/aromatic N) is 1. The molecule has 28 heavy (non-hydrogen) atoms. The maximum atomic E-state index is 13.5. The van der Waals surface area contributed by atoms with Crippen LogP contribution >= 0.6 is 11.8 Å². The molecule has 3 aliphatic rings. The SMILES string of the molecule is CCC(=O)OC1=C(c2ccccc2)[C@@]2(C(=O)Nc3ccccc32)N2CSC[C@@H]12. The molecule has 3 heterocycles. The Hall–Kier alpha value is -2.57. The highest BCUT2D eigenvalue weighted by molar-refractivity contribution is 7.99.